The van der Waals surface area contributed by atoms with E-state index in [0.717, 1.165) is 53.3 Å². The molecule has 1 saturated heterocycles. The van der Waals surface area contributed by atoms with Crippen molar-refractivity contribution in [2.75, 3.05) is 50.6 Å². The fourth-order valence-corrected chi connectivity index (χ4v) is 4.24. The number of nitrogens with one attached hydrogen (secondary N) is 1. The summed E-state index contributed by atoms with van der Waals surface area (Å²) in [5.74, 6) is 1.30. The van der Waals surface area contributed by atoms with Crippen molar-refractivity contribution in [3.05, 3.63) is 65.9 Å². The SMILES string of the molecule is CCc1cc(NC(=O)N2CCN(c3ccc(-c4ccc(OC)cc4)cc3)CC2)c(OC)nc1C. The molecule has 34 heavy (non-hydrogen) atoms. The number of aromatic nitrogens is 1. The van der Waals surface area contributed by atoms with Gasteiger partial charge in [0.1, 0.15) is 11.4 Å². The van der Waals surface area contributed by atoms with Crippen molar-refractivity contribution < 1.29 is 14.3 Å². The Balaban J connectivity index is 1.36. The molecule has 2 heterocycles. The van der Waals surface area contributed by atoms with E-state index < -0.39 is 0 Å². The molecule has 4 rings (SSSR count). The minimum absolute atomic E-state index is 0.125. The Labute approximate surface area is 201 Å². The van der Waals surface area contributed by atoms with Crippen molar-refractivity contribution in [1.29, 1.82) is 0 Å². The zero-order valence-electron chi connectivity index (χ0n) is 20.3. The van der Waals surface area contributed by atoms with Gasteiger partial charge in [-0.25, -0.2) is 9.78 Å². The molecule has 1 N–H and O–H groups in total. The van der Waals surface area contributed by atoms with E-state index in [1.165, 1.54) is 0 Å². The maximum absolute atomic E-state index is 12.9. The summed E-state index contributed by atoms with van der Waals surface area (Å²) < 4.78 is 10.6. The van der Waals surface area contributed by atoms with Gasteiger partial charge in [0.25, 0.3) is 0 Å². The van der Waals surface area contributed by atoms with Crippen LogP contribution in [0.15, 0.2) is 54.6 Å². The summed E-state index contributed by atoms with van der Waals surface area (Å²) in [7, 11) is 3.24. The number of piperazine rings is 1. The third kappa shape index (κ3) is 5.09. The zero-order valence-corrected chi connectivity index (χ0v) is 20.3. The minimum atomic E-state index is -0.125. The molecule has 0 radical (unpaired) electrons. The molecule has 1 aliphatic heterocycles. The molecule has 3 aromatic rings. The number of urea groups is 1. The molecule has 1 aliphatic rings. The van der Waals surface area contributed by atoms with Crippen LogP contribution in [0.3, 0.4) is 0 Å². The largest absolute Gasteiger partial charge is 0.497 e. The maximum Gasteiger partial charge on any atom is 0.322 e. The number of amides is 2. The Morgan fingerprint density at radius 1 is 0.941 bits per heavy atom. The van der Waals surface area contributed by atoms with Crippen LogP contribution >= 0.6 is 0 Å². The normalized spacial score (nSPS) is 13.5. The molecule has 7 heteroatoms. The molecule has 2 aromatic carbocycles. The average molecular weight is 461 g/mol. The van der Waals surface area contributed by atoms with Gasteiger partial charge in [0.15, 0.2) is 0 Å². The third-order valence-corrected chi connectivity index (χ3v) is 6.32. The Hall–Kier alpha value is -3.74. The maximum atomic E-state index is 12.9. The van der Waals surface area contributed by atoms with E-state index >= 15 is 0 Å². The van der Waals surface area contributed by atoms with Gasteiger partial charge < -0.3 is 24.6 Å². The lowest BCUT2D eigenvalue weighted by molar-refractivity contribution is 0.208. The number of rotatable bonds is 6. The zero-order chi connectivity index (χ0) is 24.1. The van der Waals surface area contributed by atoms with Crippen molar-refractivity contribution in [3.8, 4) is 22.8 Å². The van der Waals surface area contributed by atoms with Crippen LogP contribution in [0.2, 0.25) is 0 Å². The van der Waals surface area contributed by atoms with Crippen LogP contribution in [0.1, 0.15) is 18.2 Å². The first-order valence-corrected chi connectivity index (χ1v) is 11.6. The molecule has 0 aliphatic carbocycles. The number of hydrogen-bond donors (Lipinski definition) is 1. The van der Waals surface area contributed by atoms with Gasteiger partial charge in [-0.2, -0.15) is 0 Å². The van der Waals surface area contributed by atoms with Crippen LogP contribution in [0.5, 0.6) is 11.6 Å². The molecular weight excluding hydrogens is 428 g/mol. The minimum Gasteiger partial charge on any atom is -0.497 e. The molecule has 1 fully saturated rings. The van der Waals surface area contributed by atoms with Crippen LogP contribution in [-0.2, 0) is 6.42 Å². The van der Waals surface area contributed by atoms with Gasteiger partial charge in [-0.1, -0.05) is 31.2 Å². The number of pyridine rings is 1. The second-order valence-corrected chi connectivity index (χ2v) is 8.32. The van der Waals surface area contributed by atoms with Gasteiger partial charge in [-0.3, -0.25) is 0 Å². The van der Waals surface area contributed by atoms with Gasteiger partial charge in [0, 0.05) is 37.6 Å². The van der Waals surface area contributed by atoms with E-state index in [-0.39, 0.29) is 6.03 Å². The smallest absolute Gasteiger partial charge is 0.322 e. The highest BCUT2D eigenvalue weighted by Gasteiger charge is 2.23. The van der Waals surface area contributed by atoms with Gasteiger partial charge in [-0.15, -0.1) is 0 Å². The van der Waals surface area contributed by atoms with Crippen molar-refractivity contribution in [3.63, 3.8) is 0 Å². The Morgan fingerprint density at radius 3 is 2.12 bits per heavy atom. The van der Waals surface area contributed by atoms with Crippen molar-refractivity contribution in [2.24, 2.45) is 0 Å². The highest BCUT2D eigenvalue weighted by Crippen LogP contribution is 2.27. The Morgan fingerprint density at radius 2 is 1.56 bits per heavy atom. The number of hydrogen-bond acceptors (Lipinski definition) is 5. The van der Waals surface area contributed by atoms with Crippen molar-refractivity contribution in [1.82, 2.24) is 9.88 Å². The molecule has 2 amide bonds. The van der Waals surface area contributed by atoms with Gasteiger partial charge in [0.05, 0.1) is 14.2 Å². The number of nitrogens with zero attached hydrogens (tertiary/aromatic N) is 3. The first-order valence-electron chi connectivity index (χ1n) is 11.6. The van der Waals surface area contributed by atoms with Crippen LogP contribution in [0.4, 0.5) is 16.2 Å². The predicted molar refractivity (Wildman–Crippen MR) is 136 cm³/mol. The summed E-state index contributed by atoms with van der Waals surface area (Å²) >= 11 is 0. The van der Waals surface area contributed by atoms with E-state index in [0.29, 0.717) is 24.7 Å². The molecular formula is C27H32N4O3. The fraction of sp³-hybridized carbons (Fsp3) is 0.333. The second kappa shape index (κ2) is 10.5. The number of anilines is 2. The highest BCUT2D eigenvalue weighted by atomic mass is 16.5. The van der Waals surface area contributed by atoms with E-state index in [1.807, 2.05) is 30.0 Å². The third-order valence-electron chi connectivity index (χ3n) is 6.32. The van der Waals surface area contributed by atoms with Crippen molar-refractivity contribution >= 4 is 17.4 Å². The van der Waals surface area contributed by atoms with Gasteiger partial charge in [0.2, 0.25) is 5.88 Å². The number of aryl methyl sites for hydroxylation is 2. The van der Waals surface area contributed by atoms with E-state index in [4.69, 9.17) is 9.47 Å². The first-order chi connectivity index (χ1) is 16.5. The summed E-state index contributed by atoms with van der Waals surface area (Å²) in [6.45, 7) is 6.88. The van der Waals surface area contributed by atoms with E-state index in [1.54, 1.807) is 14.2 Å². The Bertz CT molecular complexity index is 1120. The summed E-state index contributed by atoms with van der Waals surface area (Å²) in [6, 6.07) is 18.5. The molecule has 0 unspecified atom stereocenters. The number of methoxy groups -OCH3 is 2. The molecule has 0 atom stereocenters. The summed E-state index contributed by atoms with van der Waals surface area (Å²) in [5, 5.41) is 2.99. The first kappa shape index (κ1) is 23.4. The summed E-state index contributed by atoms with van der Waals surface area (Å²) in [4.78, 5) is 21.5. The standard InChI is InChI=1S/C27H32N4O3/c1-5-20-18-25(26(34-4)28-19(20)2)29-27(32)31-16-14-30(15-17-31)23-10-6-21(7-11-23)22-8-12-24(33-3)13-9-22/h6-13,18H,5,14-17H2,1-4H3,(H,29,32). The molecule has 0 spiro atoms. The molecule has 1 aromatic heterocycles. The van der Waals surface area contributed by atoms with E-state index in [9.17, 15) is 4.79 Å². The van der Waals surface area contributed by atoms with Crippen LogP contribution < -0.4 is 19.7 Å². The number of carbonyl (C=O) groups excluding carboxylic acids is 1. The lowest BCUT2D eigenvalue weighted by Gasteiger charge is -2.36. The summed E-state index contributed by atoms with van der Waals surface area (Å²) in [6.07, 6.45) is 0.849. The van der Waals surface area contributed by atoms with Crippen LogP contribution in [0, 0.1) is 6.92 Å². The molecule has 178 valence electrons. The van der Waals surface area contributed by atoms with E-state index in [2.05, 4.69) is 58.5 Å². The number of ether oxygens (including phenoxy) is 2. The topological polar surface area (TPSA) is 66.9 Å². The lowest BCUT2D eigenvalue weighted by atomic mass is 10.0. The highest BCUT2D eigenvalue weighted by molar-refractivity contribution is 5.91. The van der Waals surface area contributed by atoms with Crippen LogP contribution in [0.25, 0.3) is 11.1 Å². The lowest BCUT2D eigenvalue weighted by Crippen LogP contribution is -2.50. The number of carbonyl (C=O) groups is 1. The molecule has 7 nitrogen and oxygen atoms in total. The molecule has 0 bridgehead atoms. The van der Waals surface area contributed by atoms with Gasteiger partial charge >= 0.3 is 6.03 Å². The monoisotopic (exact) mass is 460 g/mol. The average Bonchev–Trinajstić information content (AvgIpc) is 2.89. The fourth-order valence-electron chi connectivity index (χ4n) is 4.24. The van der Waals surface area contributed by atoms with Gasteiger partial charge in [-0.05, 0) is 60.4 Å². The summed E-state index contributed by atoms with van der Waals surface area (Å²) in [5.41, 5.74) is 6.11. The quantitative estimate of drug-likeness (QED) is 0.561. The molecule has 0 saturated carbocycles. The van der Waals surface area contributed by atoms with Crippen LogP contribution in [-0.4, -0.2) is 56.3 Å². The predicted octanol–water partition coefficient (Wildman–Crippen LogP) is 4.99. The van der Waals surface area contributed by atoms with Crippen molar-refractivity contribution in [2.45, 2.75) is 20.3 Å². The second-order valence-electron chi connectivity index (χ2n) is 8.32. The number of benzene rings is 2. The Kier molecular flexibility index (Phi) is 7.21.